The summed E-state index contributed by atoms with van der Waals surface area (Å²) in [6.45, 7) is 2.09. The highest BCUT2D eigenvalue weighted by Crippen LogP contribution is 2.30. The van der Waals surface area contributed by atoms with Gasteiger partial charge in [0.25, 0.3) is 5.91 Å². The predicted molar refractivity (Wildman–Crippen MR) is 138 cm³/mol. The zero-order valence-corrected chi connectivity index (χ0v) is 19.2. The number of nitrogen functional groups attached to an aromatic ring is 1. The number of carbonyl (C=O) groups excluding carboxylic acids is 2. The van der Waals surface area contributed by atoms with Crippen LogP contribution in [0.2, 0.25) is 0 Å². The van der Waals surface area contributed by atoms with E-state index in [0.717, 1.165) is 11.1 Å². The van der Waals surface area contributed by atoms with Gasteiger partial charge in [-0.1, -0.05) is 66.2 Å². The number of aryl methyl sites for hydroxylation is 1. The van der Waals surface area contributed by atoms with E-state index >= 15 is 0 Å². The Kier molecular flexibility index (Phi) is 7.02. The molecular formula is C29H25N3O3. The van der Waals surface area contributed by atoms with E-state index in [9.17, 15) is 9.59 Å². The van der Waals surface area contributed by atoms with E-state index in [4.69, 9.17) is 15.9 Å². The molecule has 174 valence electrons. The molecule has 0 aliphatic carbocycles. The summed E-state index contributed by atoms with van der Waals surface area (Å²) in [7, 11) is 0. The van der Waals surface area contributed by atoms with Gasteiger partial charge in [-0.05, 0) is 60.0 Å². The van der Waals surface area contributed by atoms with Gasteiger partial charge in [-0.25, -0.2) is 4.79 Å². The van der Waals surface area contributed by atoms with Gasteiger partial charge in [-0.2, -0.15) is 0 Å². The van der Waals surface area contributed by atoms with Crippen molar-refractivity contribution >= 4 is 23.4 Å². The van der Waals surface area contributed by atoms with Gasteiger partial charge in [0.05, 0.1) is 5.56 Å². The lowest BCUT2D eigenvalue weighted by Gasteiger charge is -2.15. The number of amidine groups is 1. The summed E-state index contributed by atoms with van der Waals surface area (Å²) in [4.78, 5) is 26.2. The third kappa shape index (κ3) is 5.62. The molecule has 4 aromatic carbocycles. The second kappa shape index (κ2) is 10.5. The van der Waals surface area contributed by atoms with Gasteiger partial charge in [0.15, 0.2) is 0 Å². The van der Waals surface area contributed by atoms with Gasteiger partial charge in [-0.3, -0.25) is 10.2 Å². The molecule has 0 unspecified atom stereocenters. The van der Waals surface area contributed by atoms with E-state index < -0.39 is 5.97 Å². The zero-order chi connectivity index (χ0) is 24.8. The molecule has 4 N–H and O–H groups in total. The first-order chi connectivity index (χ1) is 16.9. The van der Waals surface area contributed by atoms with Crippen molar-refractivity contribution in [2.24, 2.45) is 5.73 Å². The van der Waals surface area contributed by atoms with Crippen LogP contribution in [0.1, 0.15) is 37.4 Å². The average Bonchev–Trinajstić information content (AvgIpc) is 2.88. The average molecular weight is 464 g/mol. The number of nitrogens with one attached hydrogen (secondary N) is 2. The zero-order valence-electron chi connectivity index (χ0n) is 19.2. The van der Waals surface area contributed by atoms with Crippen LogP contribution in [0.5, 0.6) is 0 Å². The van der Waals surface area contributed by atoms with Crippen LogP contribution < -0.4 is 11.1 Å². The Balaban J connectivity index is 1.63. The molecule has 0 aliphatic heterocycles. The van der Waals surface area contributed by atoms with E-state index in [0.29, 0.717) is 33.5 Å². The maximum atomic E-state index is 13.2. The molecule has 0 saturated heterocycles. The fourth-order valence-electron chi connectivity index (χ4n) is 3.71. The molecule has 35 heavy (non-hydrogen) atoms. The smallest absolute Gasteiger partial charge is 0.339 e. The Labute approximate surface area is 203 Å². The molecule has 0 saturated carbocycles. The van der Waals surface area contributed by atoms with Gasteiger partial charge < -0.3 is 15.8 Å². The number of rotatable bonds is 7. The first-order valence-corrected chi connectivity index (χ1v) is 11.1. The lowest BCUT2D eigenvalue weighted by molar-refractivity contribution is 0.0473. The number of hydrogen-bond acceptors (Lipinski definition) is 4. The number of nitrogens with two attached hydrogens (primary N) is 1. The minimum Gasteiger partial charge on any atom is -0.457 e. The molecule has 0 bridgehead atoms. The largest absolute Gasteiger partial charge is 0.457 e. The summed E-state index contributed by atoms with van der Waals surface area (Å²) in [6, 6.07) is 28.8. The van der Waals surface area contributed by atoms with Gasteiger partial charge in [0.2, 0.25) is 0 Å². The van der Waals surface area contributed by atoms with E-state index in [1.165, 1.54) is 0 Å². The van der Waals surface area contributed by atoms with Crippen molar-refractivity contribution in [1.82, 2.24) is 0 Å². The lowest BCUT2D eigenvalue weighted by atomic mass is 9.93. The Morgan fingerprint density at radius 3 is 2.23 bits per heavy atom. The highest BCUT2D eigenvalue weighted by Gasteiger charge is 2.20. The quantitative estimate of drug-likeness (QED) is 0.190. The van der Waals surface area contributed by atoms with Crippen molar-refractivity contribution in [3.8, 4) is 11.1 Å². The van der Waals surface area contributed by atoms with Gasteiger partial charge in [0, 0.05) is 16.8 Å². The van der Waals surface area contributed by atoms with E-state index in [1.54, 1.807) is 42.5 Å². The van der Waals surface area contributed by atoms with Crippen molar-refractivity contribution < 1.29 is 14.3 Å². The van der Waals surface area contributed by atoms with Crippen LogP contribution in [-0.2, 0) is 11.3 Å². The minimum atomic E-state index is -0.459. The summed E-state index contributed by atoms with van der Waals surface area (Å²) < 4.78 is 5.58. The van der Waals surface area contributed by atoms with E-state index in [-0.39, 0.29) is 18.3 Å². The van der Waals surface area contributed by atoms with Gasteiger partial charge >= 0.3 is 5.97 Å². The SMILES string of the molecule is Cc1ccc(C(=O)OCc2ccccc2)c(-c2ccccc2C(=O)Nc2ccc(C(=N)N)cc2)c1. The molecule has 4 aromatic rings. The molecule has 0 spiro atoms. The van der Waals surface area contributed by atoms with E-state index in [2.05, 4.69) is 5.32 Å². The van der Waals surface area contributed by atoms with Crippen LogP contribution in [0.25, 0.3) is 11.1 Å². The molecule has 4 rings (SSSR count). The molecule has 0 radical (unpaired) electrons. The third-order valence-electron chi connectivity index (χ3n) is 5.52. The number of carbonyl (C=O) groups is 2. The fraction of sp³-hybridized carbons (Fsp3) is 0.0690. The predicted octanol–water partition coefficient (Wildman–Crippen LogP) is 5.56. The van der Waals surface area contributed by atoms with E-state index in [1.807, 2.05) is 61.5 Å². The molecule has 0 aromatic heterocycles. The van der Waals surface area contributed by atoms with Crippen LogP contribution >= 0.6 is 0 Å². The Bertz CT molecular complexity index is 1380. The molecule has 0 heterocycles. The number of esters is 1. The van der Waals surface area contributed by atoms with Crippen molar-refractivity contribution in [2.75, 3.05) is 5.32 Å². The second-order valence-corrected chi connectivity index (χ2v) is 8.10. The summed E-state index contributed by atoms with van der Waals surface area (Å²) in [5.74, 6) is -0.820. The highest BCUT2D eigenvalue weighted by molar-refractivity contribution is 6.10. The third-order valence-corrected chi connectivity index (χ3v) is 5.52. The Hall–Kier alpha value is -4.71. The monoisotopic (exact) mass is 463 g/mol. The molecule has 6 heteroatoms. The summed E-state index contributed by atoms with van der Waals surface area (Å²) in [5.41, 5.74) is 10.6. The van der Waals surface area contributed by atoms with Crippen LogP contribution in [-0.4, -0.2) is 17.7 Å². The maximum absolute atomic E-state index is 13.2. The van der Waals surface area contributed by atoms with Gasteiger partial charge in [-0.15, -0.1) is 0 Å². The van der Waals surface area contributed by atoms with Crippen molar-refractivity contribution in [2.45, 2.75) is 13.5 Å². The lowest BCUT2D eigenvalue weighted by Crippen LogP contribution is -2.15. The topological polar surface area (TPSA) is 105 Å². The Morgan fingerprint density at radius 1 is 0.829 bits per heavy atom. The number of ether oxygens (including phenoxy) is 1. The molecule has 0 atom stereocenters. The van der Waals surface area contributed by atoms with Crippen LogP contribution in [0.4, 0.5) is 5.69 Å². The molecule has 0 aliphatic rings. The van der Waals surface area contributed by atoms with Crippen molar-refractivity contribution in [3.63, 3.8) is 0 Å². The van der Waals surface area contributed by atoms with Crippen LogP contribution in [0, 0.1) is 12.3 Å². The van der Waals surface area contributed by atoms with Gasteiger partial charge in [0.1, 0.15) is 12.4 Å². The standard InChI is InChI=1S/C29H25N3O3/c1-19-11-16-25(29(34)35-18-20-7-3-2-4-8-20)26(17-19)23-9-5-6-10-24(23)28(33)32-22-14-12-21(13-15-22)27(30)31/h2-17H,18H2,1H3,(H3,30,31)(H,32,33). The second-order valence-electron chi connectivity index (χ2n) is 8.10. The maximum Gasteiger partial charge on any atom is 0.339 e. The Morgan fingerprint density at radius 2 is 1.51 bits per heavy atom. The molecular weight excluding hydrogens is 438 g/mol. The first-order valence-electron chi connectivity index (χ1n) is 11.1. The summed E-state index contributed by atoms with van der Waals surface area (Å²) in [5, 5.41) is 10.4. The van der Waals surface area contributed by atoms with Crippen LogP contribution in [0.3, 0.4) is 0 Å². The van der Waals surface area contributed by atoms with Crippen LogP contribution in [0.15, 0.2) is 97.1 Å². The fourth-order valence-corrected chi connectivity index (χ4v) is 3.71. The molecule has 6 nitrogen and oxygen atoms in total. The summed E-state index contributed by atoms with van der Waals surface area (Å²) in [6.07, 6.45) is 0. The molecule has 1 amide bonds. The first kappa shape index (κ1) is 23.4. The number of anilines is 1. The highest BCUT2D eigenvalue weighted by atomic mass is 16.5. The molecule has 0 fully saturated rings. The number of amides is 1. The normalized spacial score (nSPS) is 10.4. The number of benzene rings is 4. The summed E-state index contributed by atoms with van der Waals surface area (Å²) >= 11 is 0. The van der Waals surface area contributed by atoms with Crippen molar-refractivity contribution in [1.29, 1.82) is 5.41 Å². The minimum absolute atomic E-state index is 0.0423. The van der Waals surface area contributed by atoms with Crippen molar-refractivity contribution in [3.05, 3.63) is 125 Å². The number of hydrogen-bond donors (Lipinski definition) is 3.